The maximum Gasteiger partial charge on any atom is 0.189 e. The molecular weight excluding hydrogens is 444 g/mol. The first-order valence-electron chi connectivity index (χ1n) is 11.9. The van der Waals surface area contributed by atoms with Gasteiger partial charge in [0.2, 0.25) is 0 Å². The smallest absolute Gasteiger partial charge is 0.189 e. The molecule has 6 heteroatoms. The van der Waals surface area contributed by atoms with Gasteiger partial charge in [-0.2, -0.15) is 0 Å². The molecule has 35 heavy (non-hydrogen) atoms. The molecule has 0 aliphatic heterocycles. The molecule has 0 aliphatic carbocycles. The highest BCUT2D eigenvalue weighted by Crippen LogP contribution is 2.20. The van der Waals surface area contributed by atoms with Gasteiger partial charge in [0.25, 0.3) is 0 Å². The summed E-state index contributed by atoms with van der Waals surface area (Å²) < 4.78 is 29.5. The minimum absolute atomic E-state index is 0.227. The first kappa shape index (κ1) is 27.0. The van der Waals surface area contributed by atoms with Gasteiger partial charge in [0.05, 0.1) is 26.4 Å². The topological polar surface area (TPSA) is 66.4 Å². The summed E-state index contributed by atoms with van der Waals surface area (Å²) in [7, 11) is 0. The quantitative estimate of drug-likeness (QED) is 0.292. The van der Waals surface area contributed by atoms with Gasteiger partial charge in [-0.25, -0.2) is 0 Å². The molecule has 0 heterocycles. The summed E-state index contributed by atoms with van der Waals surface area (Å²) in [4.78, 5) is 0. The third-order valence-electron chi connectivity index (χ3n) is 5.51. The molecule has 0 radical (unpaired) electrons. The van der Waals surface area contributed by atoms with E-state index in [9.17, 15) is 5.11 Å². The number of rotatable bonds is 15. The molecule has 0 spiro atoms. The number of benzene rings is 3. The zero-order valence-corrected chi connectivity index (χ0v) is 20.7. The third kappa shape index (κ3) is 9.90. The molecule has 3 rings (SSSR count). The lowest BCUT2D eigenvalue weighted by molar-refractivity contribution is -0.315. The monoisotopic (exact) mass is 480 g/mol. The van der Waals surface area contributed by atoms with Gasteiger partial charge < -0.3 is 28.8 Å². The van der Waals surface area contributed by atoms with Crippen LogP contribution in [0.2, 0.25) is 0 Å². The summed E-state index contributed by atoms with van der Waals surface area (Å²) in [5, 5.41) is 10.8. The highest BCUT2D eigenvalue weighted by molar-refractivity contribution is 5.14. The van der Waals surface area contributed by atoms with E-state index in [2.05, 4.69) is 0 Å². The second-order valence-electron chi connectivity index (χ2n) is 8.54. The van der Waals surface area contributed by atoms with Gasteiger partial charge in [0.1, 0.15) is 6.10 Å². The molecule has 188 valence electrons. The minimum atomic E-state index is -1.50. The second-order valence-corrected chi connectivity index (χ2v) is 8.54. The molecule has 0 aliphatic rings. The van der Waals surface area contributed by atoms with E-state index in [4.69, 9.17) is 23.7 Å². The van der Waals surface area contributed by atoms with Crippen molar-refractivity contribution < 1.29 is 28.8 Å². The van der Waals surface area contributed by atoms with E-state index >= 15 is 0 Å². The lowest BCUT2D eigenvalue weighted by Gasteiger charge is -2.33. The molecule has 0 bridgehead atoms. The van der Waals surface area contributed by atoms with Crippen LogP contribution in [-0.2, 0) is 43.5 Å². The van der Waals surface area contributed by atoms with E-state index in [1.54, 1.807) is 20.8 Å². The van der Waals surface area contributed by atoms with Crippen LogP contribution in [-0.4, -0.2) is 36.2 Å². The summed E-state index contributed by atoms with van der Waals surface area (Å²) in [6.45, 7) is 6.41. The standard InChI is InChI=1S/C29H36O6/c1-23(29(3,30)33-21-27-17-11-6-12-18-27)34-24(2)35-28(32-20-26-15-9-5-10-16-26)22-31-19-25-13-7-4-8-14-25/h4-18,23-24,28,30H,19-22H2,1-3H3/t23-,24-,28?,29?/m1/s1. The molecule has 1 N–H and O–H groups in total. The van der Waals surface area contributed by atoms with E-state index in [0.717, 1.165) is 16.7 Å². The van der Waals surface area contributed by atoms with Crippen LogP contribution in [0.15, 0.2) is 91.0 Å². The van der Waals surface area contributed by atoms with Gasteiger partial charge in [-0.05, 0) is 37.5 Å². The number of hydrogen-bond donors (Lipinski definition) is 1. The number of hydrogen-bond acceptors (Lipinski definition) is 6. The first-order chi connectivity index (χ1) is 16.9. The largest absolute Gasteiger partial charge is 0.371 e. The molecule has 2 unspecified atom stereocenters. The van der Waals surface area contributed by atoms with Gasteiger partial charge in [-0.3, -0.25) is 0 Å². The number of ether oxygens (including phenoxy) is 5. The van der Waals surface area contributed by atoms with Crippen molar-refractivity contribution in [2.24, 2.45) is 0 Å². The molecule has 0 aromatic heterocycles. The third-order valence-corrected chi connectivity index (χ3v) is 5.51. The van der Waals surface area contributed by atoms with Gasteiger partial charge in [0.15, 0.2) is 18.4 Å². The Morgan fingerprint density at radius 2 is 1.17 bits per heavy atom. The van der Waals surface area contributed by atoms with Crippen LogP contribution in [0.3, 0.4) is 0 Å². The normalized spacial score (nSPS) is 15.8. The predicted octanol–water partition coefficient (Wildman–Crippen LogP) is 5.44. The Kier molecular flexibility index (Phi) is 10.9. The Morgan fingerprint density at radius 1 is 0.686 bits per heavy atom. The predicted molar refractivity (Wildman–Crippen MR) is 134 cm³/mol. The molecule has 0 amide bonds. The molecule has 0 fully saturated rings. The van der Waals surface area contributed by atoms with Crippen LogP contribution in [0.25, 0.3) is 0 Å². The maximum absolute atomic E-state index is 10.8. The fourth-order valence-corrected chi connectivity index (χ4v) is 3.32. The van der Waals surface area contributed by atoms with Crippen LogP contribution in [0, 0.1) is 0 Å². The van der Waals surface area contributed by atoms with E-state index < -0.39 is 24.5 Å². The van der Waals surface area contributed by atoms with Crippen molar-refractivity contribution in [2.75, 3.05) is 6.61 Å². The molecule has 3 aromatic carbocycles. The van der Waals surface area contributed by atoms with Crippen molar-refractivity contribution in [1.82, 2.24) is 0 Å². The maximum atomic E-state index is 10.8. The fourth-order valence-electron chi connectivity index (χ4n) is 3.32. The second kappa shape index (κ2) is 14.1. The zero-order chi connectivity index (χ0) is 24.9. The van der Waals surface area contributed by atoms with Crippen molar-refractivity contribution in [1.29, 1.82) is 0 Å². The van der Waals surface area contributed by atoms with Crippen molar-refractivity contribution in [3.8, 4) is 0 Å². The van der Waals surface area contributed by atoms with E-state index in [1.165, 1.54) is 0 Å². The lowest BCUT2D eigenvalue weighted by atomic mass is 10.2. The zero-order valence-electron chi connectivity index (χ0n) is 20.7. The average Bonchev–Trinajstić information content (AvgIpc) is 2.88. The molecular formula is C29H36O6. The van der Waals surface area contributed by atoms with E-state index in [0.29, 0.717) is 13.2 Å². The van der Waals surface area contributed by atoms with Gasteiger partial charge in [-0.1, -0.05) is 91.0 Å². The van der Waals surface area contributed by atoms with Crippen LogP contribution in [0.4, 0.5) is 0 Å². The lowest BCUT2D eigenvalue weighted by Crippen LogP contribution is -2.44. The first-order valence-corrected chi connectivity index (χ1v) is 11.9. The number of aliphatic hydroxyl groups is 1. The molecule has 0 saturated carbocycles. The van der Waals surface area contributed by atoms with Crippen LogP contribution in [0.1, 0.15) is 37.5 Å². The summed E-state index contributed by atoms with van der Waals surface area (Å²) in [5.74, 6) is -1.50. The Balaban J connectivity index is 1.51. The summed E-state index contributed by atoms with van der Waals surface area (Å²) >= 11 is 0. The molecule has 6 nitrogen and oxygen atoms in total. The highest BCUT2D eigenvalue weighted by Gasteiger charge is 2.32. The van der Waals surface area contributed by atoms with Gasteiger partial charge in [0, 0.05) is 0 Å². The van der Waals surface area contributed by atoms with Crippen molar-refractivity contribution in [3.63, 3.8) is 0 Å². The highest BCUT2D eigenvalue weighted by atomic mass is 16.8. The molecule has 3 aromatic rings. The Bertz CT molecular complexity index is 949. The summed E-state index contributed by atoms with van der Waals surface area (Å²) in [5.41, 5.74) is 3.07. The van der Waals surface area contributed by atoms with E-state index in [-0.39, 0.29) is 13.2 Å². The van der Waals surface area contributed by atoms with Crippen LogP contribution < -0.4 is 0 Å². The van der Waals surface area contributed by atoms with Crippen LogP contribution >= 0.6 is 0 Å². The van der Waals surface area contributed by atoms with Crippen LogP contribution in [0.5, 0.6) is 0 Å². The van der Waals surface area contributed by atoms with Crippen molar-refractivity contribution in [3.05, 3.63) is 108 Å². The van der Waals surface area contributed by atoms with E-state index in [1.807, 2.05) is 91.0 Å². The van der Waals surface area contributed by atoms with Crippen molar-refractivity contribution >= 4 is 0 Å². The Labute approximate surface area is 208 Å². The summed E-state index contributed by atoms with van der Waals surface area (Å²) in [6.07, 6.45) is -1.98. The fraction of sp³-hybridized carbons (Fsp3) is 0.379. The SMILES string of the molecule is C[C@@H](OC(COCc1ccccc1)OCc1ccccc1)O[C@H](C)C(C)(O)OCc1ccccc1. The Morgan fingerprint density at radius 3 is 1.71 bits per heavy atom. The van der Waals surface area contributed by atoms with Gasteiger partial charge >= 0.3 is 0 Å². The van der Waals surface area contributed by atoms with Gasteiger partial charge in [-0.15, -0.1) is 0 Å². The van der Waals surface area contributed by atoms with Crippen molar-refractivity contribution in [2.45, 2.75) is 65.1 Å². The minimum Gasteiger partial charge on any atom is -0.371 e. The molecule has 4 atom stereocenters. The average molecular weight is 481 g/mol. The summed E-state index contributed by atoms with van der Waals surface area (Å²) in [6, 6.07) is 29.5. The Hall–Kier alpha value is -2.58. The molecule has 0 saturated heterocycles.